The van der Waals surface area contributed by atoms with Crippen LogP contribution in [0, 0.1) is 0 Å². The predicted octanol–water partition coefficient (Wildman–Crippen LogP) is 5.46. The Hall–Kier alpha value is -0.783. The number of rotatable bonds is 13. The molecule has 0 aromatic rings. The van der Waals surface area contributed by atoms with Crippen LogP contribution in [0.5, 0.6) is 0 Å². The van der Waals surface area contributed by atoms with Gasteiger partial charge >= 0.3 is 15.0 Å². The first-order valence-corrected chi connectivity index (χ1v) is 9.56. The number of hydrogen-bond acceptors (Lipinski definition) is 2. The monoisotopic (exact) mass is 324 g/mol. The molecule has 0 aliphatic carbocycles. The second-order valence-electron chi connectivity index (χ2n) is 5.46. The SMILES string of the molecule is C=C(C)C(=O)OCCCCCCCCCCC[Si](F)(F)F. The van der Waals surface area contributed by atoms with E-state index in [2.05, 4.69) is 6.58 Å². The van der Waals surface area contributed by atoms with Crippen molar-refractivity contribution in [1.29, 1.82) is 0 Å². The van der Waals surface area contributed by atoms with Gasteiger partial charge in [0, 0.05) is 11.6 Å². The topological polar surface area (TPSA) is 26.3 Å². The number of carbonyl (C=O) groups excluding carboxylic acids is 1. The summed E-state index contributed by atoms with van der Waals surface area (Å²) in [5.41, 5.74) is 0.420. The summed E-state index contributed by atoms with van der Waals surface area (Å²) in [6, 6.07) is -0.518. The molecule has 0 saturated heterocycles. The van der Waals surface area contributed by atoms with E-state index in [4.69, 9.17) is 4.74 Å². The van der Waals surface area contributed by atoms with Crippen LogP contribution in [0.1, 0.15) is 64.7 Å². The molecule has 6 heteroatoms. The van der Waals surface area contributed by atoms with Crippen LogP contribution in [0.4, 0.5) is 12.3 Å². The smallest absolute Gasteiger partial charge is 0.462 e. The number of esters is 1. The van der Waals surface area contributed by atoms with E-state index in [9.17, 15) is 17.1 Å². The van der Waals surface area contributed by atoms with Crippen LogP contribution in [0.15, 0.2) is 12.2 Å². The summed E-state index contributed by atoms with van der Waals surface area (Å²) in [4.78, 5) is 11.1. The van der Waals surface area contributed by atoms with Crippen molar-refractivity contribution in [3.63, 3.8) is 0 Å². The molecule has 0 fully saturated rings. The van der Waals surface area contributed by atoms with Gasteiger partial charge in [0.1, 0.15) is 0 Å². The third-order valence-electron chi connectivity index (χ3n) is 3.19. The van der Waals surface area contributed by atoms with Crippen LogP contribution in [-0.4, -0.2) is 21.7 Å². The van der Waals surface area contributed by atoms with E-state index in [0.717, 1.165) is 44.9 Å². The summed E-state index contributed by atoms with van der Waals surface area (Å²) in [6.07, 6.45) is 8.06. The summed E-state index contributed by atoms with van der Waals surface area (Å²) in [7, 11) is -5.31. The summed E-state index contributed by atoms with van der Waals surface area (Å²) >= 11 is 0. The molecule has 0 aliphatic rings. The van der Waals surface area contributed by atoms with Crippen LogP contribution < -0.4 is 0 Å². The van der Waals surface area contributed by atoms with Gasteiger partial charge in [-0.05, 0) is 19.8 Å². The quantitative estimate of drug-likeness (QED) is 0.148. The van der Waals surface area contributed by atoms with Crippen LogP contribution in [-0.2, 0) is 9.53 Å². The molecule has 0 atom stereocenters. The maximum atomic E-state index is 12.0. The van der Waals surface area contributed by atoms with Gasteiger partial charge in [-0.2, -0.15) is 0 Å². The summed E-state index contributed by atoms with van der Waals surface area (Å²) in [6.45, 7) is 5.57. The van der Waals surface area contributed by atoms with E-state index in [-0.39, 0.29) is 5.97 Å². The van der Waals surface area contributed by atoms with Crippen molar-refractivity contribution in [2.24, 2.45) is 0 Å². The van der Waals surface area contributed by atoms with Crippen LogP contribution in [0.25, 0.3) is 0 Å². The lowest BCUT2D eigenvalue weighted by atomic mass is 10.1. The fourth-order valence-corrected chi connectivity index (χ4v) is 2.60. The van der Waals surface area contributed by atoms with Crippen LogP contribution in [0.2, 0.25) is 6.04 Å². The molecule has 2 nitrogen and oxygen atoms in total. The second-order valence-corrected chi connectivity index (χ2v) is 7.19. The van der Waals surface area contributed by atoms with Crippen molar-refractivity contribution in [2.75, 3.05) is 6.61 Å². The third kappa shape index (κ3) is 15.4. The lowest BCUT2D eigenvalue weighted by Gasteiger charge is -2.05. The molecular weight excluding hydrogens is 297 g/mol. The van der Waals surface area contributed by atoms with E-state index in [1.807, 2.05) is 0 Å². The molecule has 0 heterocycles. The van der Waals surface area contributed by atoms with Crippen molar-refractivity contribution in [1.82, 2.24) is 0 Å². The van der Waals surface area contributed by atoms with Gasteiger partial charge in [0.2, 0.25) is 0 Å². The zero-order valence-electron chi connectivity index (χ0n) is 12.9. The van der Waals surface area contributed by atoms with Gasteiger partial charge in [0.15, 0.2) is 0 Å². The number of hydrogen-bond donors (Lipinski definition) is 0. The molecule has 0 rings (SSSR count). The minimum absolute atomic E-state index is 0.309. The van der Waals surface area contributed by atoms with Crippen molar-refractivity contribution < 1.29 is 21.9 Å². The van der Waals surface area contributed by atoms with Gasteiger partial charge in [-0.25, -0.2) is 17.1 Å². The fraction of sp³-hybridized carbons (Fsp3) is 0.800. The molecule has 21 heavy (non-hydrogen) atoms. The number of unbranched alkanes of at least 4 members (excludes halogenated alkanes) is 8. The molecule has 0 amide bonds. The highest BCUT2D eigenvalue weighted by molar-refractivity contribution is 6.58. The fourth-order valence-electron chi connectivity index (χ4n) is 1.95. The molecule has 0 aromatic carbocycles. The first-order valence-electron chi connectivity index (χ1n) is 7.72. The van der Waals surface area contributed by atoms with E-state index < -0.39 is 15.1 Å². The minimum Gasteiger partial charge on any atom is -0.462 e. The Labute approximate surface area is 127 Å². The Morgan fingerprint density at radius 1 is 0.905 bits per heavy atom. The molecule has 0 radical (unpaired) electrons. The van der Waals surface area contributed by atoms with Gasteiger partial charge in [0.25, 0.3) is 0 Å². The zero-order chi connectivity index (χ0) is 16.1. The van der Waals surface area contributed by atoms with E-state index in [0.29, 0.717) is 25.0 Å². The normalized spacial score (nSPS) is 11.4. The van der Waals surface area contributed by atoms with Crippen molar-refractivity contribution in [3.05, 3.63) is 12.2 Å². The molecule has 0 unspecified atom stereocenters. The summed E-state index contributed by atoms with van der Waals surface area (Å²) in [5.74, 6) is -0.336. The molecular formula is C15H27F3O2Si. The molecule has 0 saturated carbocycles. The molecule has 0 spiro atoms. The van der Waals surface area contributed by atoms with Gasteiger partial charge in [-0.1, -0.05) is 51.5 Å². The number of ether oxygens (including phenoxy) is 1. The van der Waals surface area contributed by atoms with E-state index in [1.54, 1.807) is 6.92 Å². The lowest BCUT2D eigenvalue weighted by Crippen LogP contribution is -2.13. The third-order valence-corrected chi connectivity index (χ3v) is 4.11. The second kappa shape index (κ2) is 11.8. The average molecular weight is 324 g/mol. The molecule has 0 N–H and O–H groups in total. The highest BCUT2D eigenvalue weighted by Gasteiger charge is 2.35. The molecule has 0 bridgehead atoms. The summed E-state index contributed by atoms with van der Waals surface area (Å²) in [5, 5.41) is 0. The average Bonchev–Trinajstić information content (AvgIpc) is 2.38. The largest absolute Gasteiger partial charge is 0.616 e. The Kier molecular flexibility index (Phi) is 11.4. The van der Waals surface area contributed by atoms with Gasteiger partial charge < -0.3 is 4.74 Å². The number of halogens is 3. The van der Waals surface area contributed by atoms with E-state index >= 15 is 0 Å². The Morgan fingerprint density at radius 2 is 1.33 bits per heavy atom. The Bertz CT molecular complexity index is 304. The molecule has 0 aromatic heterocycles. The van der Waals surface area contributed by atoms with E-state index in [1.165, 1.54) is 0 Å². The van der Waals surface area contributed by atoms with Crippen LogP contribution >= 0.6 is 0 Å². The lowest BCUT2D eigenvalue weighted by molar-refractivity contribution is -0.139. The van der Waals surface area contributed by atoms with Gasteiger partial charge in [-0.3, -0.25) is 0 Å². The first-order chi connectivity index (χ1) is 9.83. The highest BCUT2D eigenvalue weighted by atomic mass is 28.5. The molecule has 0 aliphatic heterocycles. The maximum absolute atomic E-state index is 12.0. The Morgan fingerprint density at radius 3 is 1.76 bits per heavy atom. The maximum Gasteiger partial charge on any atom is 0.616 e. The van der Waals surface area contributed by atoms with Gasteiger partial charge in [0.05, 0.1) is 6.61 Å². The summed E-state index contributed by atoms with van der Waals surface area (Å²) < 4.78 is 41.1. The number of carbonyl (C=O) groups is 1. The minimum atomic E-state index is -5.31. The van der Waals surface area contributed by atoms with Crippen molar-refractivity contribution in [2.45, 2.75) is 70.8 Å². The predicted molar refractivity (Wildman–Crippen MR) is 81.2 cm³/mol. The Balaban J connectivity index is 3.16. The molecule has 124 valence electrons. The van der Waals surface area contributed by atoms with Crippen molar-refractivity contribution in [3.8, 4) is 0 Å². The van der Waals surface area contributed by atoms with Gasteiger partial charge in [-0.15, -0.1) is 0 Å². The van der Waals surface area contributed by atoms with Crippen LogP contribution in [0.3, 0.4) is 0 Å². The first kappa shape index (κ1) is 20.2. The zero-order valence-corrected chi connectivity index (χ0v) is 13.9. The van der Waals surface area contributed by atoms with Crippen molar-refractivity contribution >= 4 is 15.0 Å². The standard InChI is InChI=1S/C15H27F3O2Si/c1-14(2)15(19)20-12-10-8-6-4-3-5-7-9-11-13-21(16,17)18/h1,3-13H2,2H3. The highest BCUT2D eigenvalue weighted by Crippen LogP contribution is 2.19.